The van der Waals surface area contributed by atoms with Gasteiger partial charge in [-0.25, -0.2) is 19.5 Å². The van der Waals surface area contributed by atoms with Crippen molar-refractivity contribution in [1.29, 1.82) is 0 Å². The zero-order chi connectivity index (χ0) is 20.7. The van der Waals surface area contributed by atoms with Crippen molar-refractivity contribution >= 4 is 35.9 Å². The number of benzene rings is 1. The summed E-state index contributed by atoms with van der Waals surface area (Å²) in [5.41, 5.74) is 4.62. The molecule has 0 aliphatic carbocycles. The smallest absolute Gasteiger partial charge is 0.326 e. The van der Waals surface area contributed by atoms with Crippen LogP contribution in [0.25, 0.3) is 11.0 Å². The summed E-state index contributed by atoms with van der Waals surface area (Å²) in [6.07, 6.45) is 4.01. The molecule has 4 heterocycles. The van der Waals surface area contributed by atoms with Crippen molar-refractivity contribution in [1.82, 2.24) is 30.3 Å². The molecule has 4 atom stereocenters. The molecule has 1 aromatic carbocycles. The van der Waals surface area contributed by atoms with Crippen molar-refractivity contribution in [3.63, 3.8) is 0 Å². The van der Waals surface area contributed by atoms with Crippen LogP contribution in [0.3, 0.4) is 0 Å². The highest BCUT2D eigenvalue weighted by atomic mass is 32.1. The second-order valence-electron chi connectivity index (χ2n) is 8.00. The summed E-state index contributed by atoms with van der Waals surface area (Å²) in [5.74, 6) is -0.307. The predicted octanol–water partition coefficient (Wildman–Crippen LogP) is 1.03. The topological polar surface area (TPSA) is 101 Å². The molecule has 0 radical (unpaired) electrons. The molecule has 10 nitrogen and oxygen atoms in total. The summed E-state index contributed by atoms with van der Waals surface area (Å²) in [6, 6.07) is 7.53. The van der Waals surface area contributed by atoms with Crippen LogP contribution in [0.15, 0.2) is 30.6 Å². The summed E-state index contributed by atoms with van der Waals surface area (Å²) < 4.78 is 7.03. The number of aromatic nitrogens is 2. The van der Waals surface area contributed by atoms with Gasteiger partial charge in [-0.3, -0.25) is 9.63 Å². The van der Waals surface area contributed by atoms with Gasteiger partial charge in [0, 0.05) is 38.1 Å². The number of carbonyl (C=O) groups excluding carboxylic acids is 2. The molecule has 3 aliphatic rings. The van der Waals surface area contributed by atoms with Crippen LogP contribution in [0.5, 0.6) is 0 Å². The monoisotopic (exact) mass is 432 g/mol. The van der Waals surface area contributed by atoms with Crippen LogP contribution in [0.4, 0.5) is 4.79 Å². The standard InChI is InChI=1S/C19H24N6O4S/c26-18(17-6-5-13-9-23(17)19(27)25(13)29-30)22-28-10-12-7-14(8-20-12)24-11-21-15-3-1-2-4-16(15)24/h1-4,11-14,17,20,30H,5-10H2,(H,22,26)/t12-,13?,14-,17?/m1/s1. The van der Waals surface area contributed by atoms with Gasteiger partial charge in [0.2, 0.25) is 0 Å². The number of nitrogens with zero attached hydrogens (tertiary/aromatic N) is 4. The first-order valence-corrected chi connectivity index (χ1v) is 10.5. The normalized spacial score (nSPS) is 28.5. The minimum Gasteiger partial charge on any atom is -0.326 e. The van der Waals surface area contributed by atoms with Crippen LogP contribution in [0.2, 0.25) is 0 Å². The summed E-state index contributed by atoms with van der Waals surface area (Å²) in [5, 5.41) is 4.66. The maximum absolute atomic E-state index is 12.6. The first-order chi connectivity index (χ1) is 14.7. The number of hydrogen-bond donors (Lipinski definition) is 3. The fourth-order valence-corrected chi connectivity index (χ4v) is 4.90. The first-order valence-electron chi connectivity index (χ1n) is 10.1. The van der Waals surface area contributed by atoms with E-state index in [-0.39, 0.29) is 30.1 Å². The molecule has 3 fully saturated rings. The summed E-state index contributed by atoms with van der Waals surface area (Å²) in [6.45, 7) is 1.63. The summed E-state index contributed by atoms with van der Waals surface area (Å²) in [7, 11) is 0. The molecule has 2 aromatic rings. The fourth-order valence-electron chi connectivity index (χ4n) is 4.70. The van der Waals surface area contributed by atoms with Gasteiger partial charge in [-0.2, -0.15) is 5.06 Å². The first kappa shape index (κ1) is 19.6. The molecular formula is C19H24N6O4S. The van der Waals surface area contributed by atoms with E-state index in [1.165, 1.54) is 9.96 Å². The number of rotatable bonds is 6. The number of carbonyl (C=O) groups is 2. The second kappa shape index (κ2) is 8.06. The second-order valence-corrected chi connectivity index (χ2v) is 8.17. The van der Waals surface area contributed by atoms with Gasteiger partial charge >= 0.3 is 6.03 Å². The number of hydroxylamine groups is 3. The van der Waals surface area contributed by atoms with Gasteiger partial charge in [0.1, 0.15) is 6.04 Å². The number of para-hydroxylation sites is 2. The molecule has 11 heteroatoms. The average molecular weight is 433 g/mol. The number of urea groups is 1. The van der Waals surface area contributed by atoms with E-state index in [1.807, 2.05) is 24.5 Å². The number of imidazole rings is 1. The maximum atomic E-state index is 12.6. The summed E-state index contributed by atoms with van der Waals surface area (Å²) >= 11 is 3.73. The van der Waals surface area contributed by atoms with Gasteiger partial charge in [-0.1, -0.05) is 12.1 Å². The van der Waals surface area contributed by atoms with E-state index < -0.39 is 6.04 Å². The van der Waals surface area contributed by atoms with E-state index in [4.69, 9.17) is 9.12 Å². The highest BCUT2D eigenvalue weighted by Crippen LogP contribution is 2.30. The molecule has 2 unspecified atom stereocenters. The van der Waals surface area contributed by atoms with Crippen LogP contribution in [0, 0.1) is 0 Å². The Morgan fingerprint density at radius 1 is 1.30 bits per heavy atom. The van der Waals surface area contributed by atoms with Crippen molar-refractivity contribution in [2.75, 3.05) is 19.7 Å². The van der Waals surface area contributed by atoms with E-state index in [0.717, 1.165) is 24.0 Å². The Morgan fingerprint density at radius 2 is 2.17 bits per heavy atom. The van der Waals surface area contributed by atoms with Crippen molar-refractivity contribution in [3.05, 3.63) is 30.6 Å². The van der Waals surface area contributed by atoms with Crippen molar-refractivity contribution in [3.8, 4) is 0 Å². The number of amides is 3. The number of thiol groups is 1. The molecule has 5 rings (SSSR count). The zero-order valence-electron chi connectivity index (χ0n) is 16.3. The Hall–Kier alpha value is -2.34. The van der Waals surface area contributed by atoms with Gasteiger partial charge in [-0.05, 0) is 31.4 Å². The molecule has 30 heavy (non-hydrogen) atoms. The maximum Gasteiger partial charge on any atom is 0.345 e. The van der Waals surface area contributed by atoms with Gasteiger partial charge in [0.25, 0.3) is 5.91 Å². The lowest BCUT2D eigenvalue weighted by molar-refractivity contribution is -0.139. The quantitative estimate of drug-likeness (QED) is 0.358. The average Bonchev–Trinajstić information content (AvgIpc) is 3.45. The van der Waals surface area contributed by atoms with E-state index in [9.17, 15) is 9.59 Å². The van der Waals surface area contributed by atoms with Gasteiger partial charge in [-0.15, -0.1) is 0 Å². The van der Waals surface area contributed by atoms with Crippen LogP contribution < -0.4 is 10.8 Å². The Labute approximate surface area is 179 Å². The Bertz CT molecular complexity index is 954. The highest BCUT2D eigenvalue weighted by molar-refractivity contribution is 7.75. The highest BCUT2D eigenvalue weighted by Gasteiger charge is 2.48. The van der Waals surface area contributed by atoms with Crippen LogP contribution >= 0.6 is 12.9 Å². The number of hydrogen-bond acceptors (Lipinski definition) is 7. The van der Waals surface area contributed by atoms with E-state index >= 15 is 0 Å². The molecule has 3 amide bonds. The summed E-state index contributed by atoms with van der Waals surface area (Å²) in [4.78, 5) is 36.3. The number of piperidine rings is 1. The lowest BCUT2D eigenvalue weighted by Crippen LogP contribution is -2.50. The molecule has 3 aliphatic heterocycles. The van der Waals surface area contributed by atoms with Crippen molar-refractivity contribution in [2.45, 2.75) is 43.4 Å². The Morgan fingerprint density at radius 3 is 3.03 bits per heavy atom. The molecule has 160 valence electrons. The lowest BCUT2D eigenvalue weighted by Gasteiger charge is -2.29. The largest absolute Gasteiger partial charge is 0.345 e. The molecule has 3 saturated heterocycles. The van der Waals surface area contributed by atoms with Gasteiger partial charge in [0.15, 0.2) is 0 Å². The van der Waals surface area contributed by atoms with Crippen molar-refractivity contribution in [2.24, 2.45) is 0 Å². The Kier molecular flexibility index (Phi) is 5.27. The van der Waals surface area contributed by atoms with E-state index in [0.29, 0.717) is 26.0 Å². The predicted molar refractivity (Wildman–Crippen MR) is 110 cm³/mol. The molecule has 1 aromatic heterocycles. The SMILES string of the molecule is O=C(NOC[C@H]1C[C@@H](n2cnc3ccccc32)CN1)C1CCC2CN1C(=O)N2OS. The van der Waals surface area contributed by atoms with E-state index in [1.54, 1.807) is 0 Å². The van der Waals surface area contributed by atoms with Crippen LogP contribution in [-0.4, -0.2) is 69.3 Å². The minimum atomic E-state index is -0.552. The Balaban J connectivity index is 1.12. The zero-order valence-corrected chi connectivity index (χ0v) is 17.2. The van der Waals surface area contributed by atoms with Gasteiger partial charge < -0.3 is 14.8 Å². The number of nitrogens with one attached hydrogen (secondary N) is 2. The molecule has 2 bridgehead atoms. The molecule has 2 N–H and O–H groups in total. The van der Waals surface area contributed by atoms with E-state index in [2.05, 4.69) is 39.3 Å². The third-order valence-electron chi connectivity index (χ3n) is 6.24. The third-order valence-corrected chi connectivity index (χ3v) is 6.42. The number of fused-ring (bicyclic) bond motifs is 3. The fraction of sp³-hybridized carbons (Fsp3) is 0.526. The van der Waals surface area contributed by atoms with Gasteiger partial charge in [0.05, 0.1) is 30.0 Å². The van der Waals surface area contributed by atoms with Crippen molar-refractivity contribution < 1.29 is 18.7 Å². The van der Waals surface area contributed by atoms with Crippen LogP contribution in [0.1, 0.15) is 25.3 Å². The molecular weight excluding hydrogens is 408 g/mol. The molecule has 0 saturated carbocycles. The van der Waals surface area contributed by atoms with Crippen LogP contribution in [-0.2, 0) is 13.9 Å². The third kappa shape index (κ3) is 3.41. The minimum absolute atomic E-state index is 0.0566. The lowest BCUT2D eigenvalue weighted by atomic mass is 10.0. The molecule has 0 spiro atoms.